The second-order valence-corrected chi connectivity index (χ2v) is 11.6. The Labute approximate surface area is 235 Å². The molecule has 2 heterocycles. The number of rotatable bonds is 7. The summed E-state index contributed by atoms with van der Waals surface area (Å²) in [5, 5.41) is 15.2. The van der Waals surface area contributed by atoms with Crippen LogP contribution in [0.1, 0.15) is 55.6 Å². The molecule has 1 aromatic heterocycles. The molecule has 7 nitrogen and oxygen atoms in total. The van der Waals surface area contributed by atoms with Crippen molar-refractivity contribution in [3.63, 3.8) is 0 Å². The molecule has 0 saturated carbocycles. The second kappa shape index (κ2) is 11.4. The maximum Gasteiger partial charge on any atom is 0.253 e. The van der Waals surface area contributed by atoms with Crippen molar-refractivity contribution in [1.82, 2.24) is 15.2 Å². The molecular formula is C31H36ClN3O4. The Balaban J connectivity index is 1.44. The van der Waals surface area contributed by atoms with E-state index >= 15 is 0 Å². The van der Waals surface area contributed by atoms with Crippen molar-refractivity contribution in [1.29, 1.82) is 0 Å². The van der Waals surface area contributed by atoms with Gasteiger partial charge < -0.3 is 20.1 Å². The van der Waals surface area contributed by atoms with Crippen molar-refractivity contribution >= 4 is 23.4 Å². The molecule has 206 valence electrons. The zero-order valence-corrected chi connectivity index (χ0v) is 23.8. The number of nitrogens with zero attached hydrogens (tertiary/aromatic N) is 2. The minimum Gasteiger partial charge on any atom is -0.439 e. The number of nitrogens with one attached hydrogen (secondary N) is 1. The average molecular weight is 550 g/mol. The summed E-state index contributed by atoms with van der Waals surface area (Å²) in [7, 11) is 0. The first-order valence-electron chi connectivity index (χ1n) is 13.2. The number of likely N-dealkylation sites (tertiary alicyclic amines) is 1. The molecule has 1 aliphatic heterocycles. The molecule has 0 unspecified atom stereocenters. The fraction of sp³-hybridized carbons (Fsp3) is 0.387. The van der Waals surface area contributed by atoms with Crippen LogP contribution >= 0.6 is 11.6 Å². The molecule has 2 N–H and O–H groups in total. The van der Waals surface area contributed by atoms with Gasteiger partial charge in [0.1, 0.15) is 11.8 Å². The minimum absolute atomic E-state index is 0.141. The number of aromatic nitrogens is 1. The van der Waals surface area contributed by atoms with E-state index in [0.29, 0.717) is 41.7 Å². The number of ether oxygens (including phenoxy) is 1. The number of para-hydroxylation sites is 1. The Morgan fingerprint density at radius 2 is 1.77 bits per heavy atom. The lowest BCUT2D eigenvalue weighted by atomic mass is 9.66. The summed E-state index contributed by atoms with van der Waals surface area (Å²) >= 11 is 6.05. The maximum atomic E-state index is 13.7. The van der Waals surface area contributed by atoms with E-state index in [0.717, 1.165) is 11.1 Å². The molecule has 1 aliphatic rings. The molecule has 0 aliphatic carbocycles. The number of halogens is 1. The Hall–Kier alpha value is -3.42. The first-order chi connectivity index (χ1) is 18.4. The van der Waals surface area contributed by atoms with Gasteiger partial charge in [0.15, 0.2) is 0 Å². The van der Waals surface area contributed by atoms with Crippen LogP contribution in [0, 0.1) is 18.3 Å². The Morgan fingerprint density at radius 1 is 1.08 bits per heavy atom. The van der Waals surface area contributed by atoms with Crippen LogP contribution in [-0.2, 0) is 10.4 Å². The lowest BCUT2D eigenvalue weighted by molar-refractivity contribution is -0.155. The maximum absolute atomic E-state index is 13.7. The van der Waals surface area contributed by atoms with Crippen molar-refractivity contribution in [2.45, 2.75) is 52.7 Å². The number of hydrogen-bond donors (Lipinski definition) is 2. The SMILES string of the molecule is Cc1ccccc1Oc1ccc(C(=O)N[C@@H](C(=O)N2CC[C@](O)(c3ccc(Cl)cc3)C(C)(C)C2)C(C)C)cn1. The number of hydrogen-bond acceptors (Lipinski definition) is 5. The van der Waals surface area contributed by atoms with Crippen molar-refractivity contribution in [3.8, 4) is 11.6 Å². The van der Waals surface area contributed by atoms with Crippen LogP contribution in [0.15, 0.2) is 66.9 Å². The fourth-order valence-corrected chi connectivity index (χ4v) is 5.19. The van der Waals surface area contributed by atoms with Gasteiger partial charge in [0, 0.05) is 35.8 Å². The molecule has 4 rings (SSSR count). The number of carbonyl (C=O) groups is 2. The summed E-state index contributed by atoms with van der Waals surface area (Å²) in [4.78, 5) is 32.8. The highest BCUT2D eigenvalue weighted by molar-refractivity contribution is 6.30. The average Bonchev–Trinajstić information content (AvgIpc) is 2.90. The normalized spacial score (nSPS) is 19.4. The van der Waals surface area contributed by atoms with Gasteiger partial charge in [-0.2, -0.15) is 0 Å². The standard InChI is InChI=1S/C31H36ClN3O4/c1-20(2)27(34-28(36)22-10-15-26(33-18-22)39-25-9-7-6-8-21(25)3)29(37)35-17-16-31(38,30(4,5)19-35)23-11-13-24(32)14-12-23/h6-15,18,20,27,38H,16-17,19H2,1-5H3,(H,34,36)/t27-,31+/m1/s1. The van der Waals surface area contributed by atoms with Crippen molar-refractivity contribution in [2.75, 3.05) is 13.1 Å². The zero-order valence-electron chi connectivity index (χ0n) is 23.1. The Bertz CT molecular complexity index is 1320. The smallest absolute Gasteiger partial charge is 0.253 e. The molecule has 39 heavy (non-hydrogen) atoms. The summed E-state index contributed by atoms with van der Waals surface area (Å²) in [5.41, 5.74) is 0.351. The van der Waals surface area contributed by atoms with Gasteiger partial charge in [-0.05, 0) is 54.7 Å². The molecule has 2 atom stereocenters. The fourth-order valence-electron chi connectivity index (χ4n) is 5.06. The molecule has 1 fully saturated rings. The van der Waals surface area contributed by atoms with Gasteiger partial charge in [-0.15, -0.1) is 0 Å². The van der Waals surface area contributed by atoms with Crippen LogP contribution in [0.4, 0.5) is 0 Å². The molecule has 0 radical (unpaired) electrons. The zero-order chi connectivity index (χ0) is 28.4. The van der Waals surface area contributed by atoms with E-state index in [1.807, 2.05) is 71.0 Å². The summed E-state index contributed by atoms with van der Waals surface area (Å²) in [5.74, 6) is 0.377. The highest BCUT2D eigenvalue weighted by Gasteiger charge is 2.50. The summed E-state index contributed by atoms with van der Waals surface area (Å²) in [6, 6.07) is 17.4. The van der Waals surface area contributed by atoms with Gasteiger partial charge in [0.05, 0.1) is 11.2 Å². The molecule has 0 spiro atoms. The summed E-state index contributed by atoms with van der Waals surface area (Å²) < 4.78 is 5.82. The number of amides is 2. The van der Waals surface area contributed by atoms with Gasteiger partial charge in [-0.25, -0.2) is 4.98 Å². The van der Waals surface area contributed by atoms with Crippen molar-refractivity contribution < 1.29 is 19.4 Å². The first-order valence-corrected chi connectivity index (χ1v) is 13.6. The highest BCUT2D eigenvalue weighted by atomic mass is 35.5. The number of pyridine rings is 1. The van der Waals surface area contributed by atoms with Crippen LogP contribution in [0.5, 0.6) is 11.6 Å². The molecule has 0 bridgehead atoms. The van der Waals surface area contributed by atoms with Crippen molar-refractivity contribution in [3.05, 3.63) is 88.6 Å². The minimum atomic E-state index is -1.11. The largest absolute Gasteiger partial charge is 0.439 e. The number of aryl methyl sites for hydroxylation is 1. The van der Waals surface area contributed by atoms with E-state index < -0.39 is 17.1 Å². The predicted molar refractivity (Wildman–Crippen MR) is 152 cm³/mol. The van der Waals surface area contributed by atoms with Crippen LogP contribution in [0.2, 0.25) is 5.02 Å². The van der Waals surface area contributed by atoms with Gasteiger partial charge in [-0.3, -0.25) is 9.59 Å². The van der Waals surface area contributed by atoms with Crippen LogP contribution in [0.3, 0.4) is 0 Å². The monoisotopic (exact) mass is 549 g/mol. The number of benzene rings is 2. The summed E-state index contributed by atoms with van der Waals surface area (Å²) in [6.07, 6.45) is 1.82. The Morgan fingerprint density at radius 3 is 2.36 bits per heavy atom. The van der Waals surface area contributed by atoms with E-state index in [-0.39, 0.29) is 17.7 Å². The molecule has 2 amide bonds. The van der Waals surface area contributed by atoms with E-state index in [2.05, 4.69) is 10.3 Å². The third-order valence-corrected chi connectivity index (χ3v) is 7.86. The first kappa shape index (κ1) is 28.6. The molecule has 1 saturated heterocycles. The van der Waals surface area contributed by atoms with Crippen molar-refractivity contribution in [2.24, 2.45) is 11.3 Å². The number of piperidine rings is 1. The summed E-state index contributed by atoms with van der Waals surface area (Å²) in [6.45, 7) is 10.4. The highest BCUT2D eigenvalue weighted by Crippen LogP contribution is 2.46. The second-order valence-electron chi connectivity index (χ2n) is 11.2. The number of carbonyl (C=O) groups excluding carboxylic acids is 2. The van der Waals surface area contributed by atoms with Gasteiger partial charge in [-0.1, -0.05) is 69.6 Å². The van der Waals surface area contributed by atoms with Gasteiger partial charge in [0.25, 0.3) is 5.91 Å². The molecule has 2 aromatic carbocycles. The van der Waals surface area contributed by atoms with E-state index in [9.17, 15) is 14.7 Å². The third-order valence-electron chi connectivity index (χ3n) is 7.61. The van der Waals surface area contributed by atoms with Gasteiger partial charge >= 0.3 is 0 Å². The van der Waals surface area contributed by atoms with E-state index in [1.54, 1.807) is 29.2 Å². The van der Waals surface area contributed by atoms with Crippen LogP contribution < -0.4 is 10.1 Å². The molecule has 3 aromatic rings. The van der Waals surface area contributed by atoms with E-state index in [1.165, 1.54) is 6.20 Å². The number of aliphatic hydroxyl groups is 1. The molecule has 8 heteroatoms. The topological polar surface area (TPSA) is 91.8 Å². The van der Waals surface area contributed by atoms with Crippen LogP contribution in [0.25, 0.3) is 0 Å². The third kappa shape index (κ3) is 6.10. The lowest BCUT2D eigenvalue weighted by Crippen LogP contribution is -2.60. The Kier molecular flexibility index (Phi) is 8.33. The molecular weight excluding hydrogens is 514 g/mol. The quantitative estimate of drug-likeness (QED) is 0.392. The van der Waals surface area contributed by atoms with Gasteiger partial charge in [0.2, 0.25) is 11.8 Å². The van der Waals surface area contributed by atoms with Crippen LogP contribution in [-0.4, -0.2) is 45.9 Å². The lowest BCUT2D eigenvalue weighted by Gasteiger charge is -2.51. The van der Waals surface area contributed by atoms with E-state index in [4.69, 9.17) is 16.3 Å². The predicted octanol–water partition coefficient (Wildman–Crippen LogP) is 5.74.